The van der Waals surface area contributed by atoms with E-state index in [0.717, 1.165) is 0 Å². The van der Waals surface area contributed by atoms with E-state index < -0.39 is 11.5 Å². The van der Waals surface area contributed by atoms with Gasteiger partial charge in [-0.25, -0.2) is 9.59 Å². The van der Waals surface area contributed by atoms with Crippen LogP contribution in [0.1, 0.15) is 24.2 Å². The van der Waals surface area contributed by atoms with Crippen molar-refractivity contribution < 1.29 is 19.4 Å². The summed E-state index contributed by atoms with van der Waals surface area (Å²) in [4.78, 5) is 25.0. The third-order valence-electron chi connectivity index (χ3n) is 3.35. The number of rotatable bonds is 2. The number of halogens is 1. The third-order valence-corrected chi connectivity index (χ3v) is 3.67. The van der Waals surface area contributed by atoms with Crippen molar-refractivity contribution in [1.82, 2.24) is 4.90 Å². The van der Waals surface area contributed by atoms with Gasteiger partial charge < -0.3 is 20.1 Å². The van der Waals surface area contributed by atoms with Crippen LogP contribution < -0.4 is 5.32 Å². The number of nitrogens with zero attached hydrogens (tertiary/aromatic N) is 1. The second-order valence-corrected chi connectivity index (χ2v) is 5.85. The zero-order chi connectivity index (χ0) is 15.6. The molecule has 0 saturated carbocycles. The van der Waals surface area contributed by atoms with Gasteiger partial charge in [0.2, 0.25) is 0 Å². The molecule has 2 rings (SSSR count). The van der Waals surface area contributed by atoms with Gasteiger partial charge in [-0.1, -0.05) is 11.6 Å². The van der Waals surface area contributed by atoms with E-state index in [1.54, 1.807) is 4.90 Å². The van der Waals surface area contributed by atoms with Crippen LogP contribution in [0.2, 0.25) is 5.02 Å². The molecule has 1 fully saturated rings. The number of ether oxygens (including phenoxy) is 1. The van der Waals surface area contributed by atoms with Gasteiger partial charge in [-0.15, -0.1) is 0 Å². The number of benzene rings is 1. The summed E-state index contributed by atoms with van der Waals surface area (Å²) in [7, 11) is 0. The number of hydrogen-bond donors (Lipinski definition) is 2. The minimum Gasteiger partial charge on any atom is -0.478 e. The minimum absolute atomic E-state index is 0.0657. The minimum atomic E-state index is -1.08. The Morgan fingerprint density at radius 3 is 2.76 bits per heavy atom. The van der Waals surface area contributed by atoms with E-state index in [0.29, 0.717) is 24.8 Å². The summed E-state index contributed by atoms with van der Waals surface area (Å²) >= 11 is 6.00. The molecule has 0 radical (unpaired) electrons. The van der Waals surface area contributed by atoms with Crippen LogP contribution in [0.25, 0.3) is 0 Å². The quantitative estimate of drug-likeness (QED) is 0.880. The second kappa shape index (κ2) is 5.91. The van der Waals surface area contributed by atoms with E-state index >= 15 is 0 Å². The molecule has 1 heterocycles. The van der Waals surface area contributed by atoms with Crippen LogP contribution in [-0.4, -0.2) is 47.3 Å². The standard InChI is InChI=1S/C14H17ClN2O4/c1-14(2)8-21-6-5-17(14)13(20)16-11-7-9(12(18)19)3-4-10(11)15/h3-4,7H,5-6,8H2,1-2H3,(H,16,20)(H,18,19). The molecule has 2 N–H and O–H groups in total. The van der Waals surface area contributed by atoms with E-state index in [1.807, 2.05) is 13.8 Å². The van der Waals surface area contributed by atoms with Crippen molar-refractivity contribution in [3.8, 4) is 0 Å². The smallest absolute Gasteiger partial charge is 0.335 e. The number of carboxylic acid groups (broad SMARTS) is 1. The van der Waals surface area contributed by atoms with Gasteiger partial charge in [-0.05, 0) is 32.0 Å². The van der Waals surface area contributed by atoms with Crippen LogP contribution >= 0.6 is 11.6 Å². The summed E-state index contributed by atoms with van der Waals surface area (Å²) < 4.78 is 5.36. The van der Waals surface area contributed by atoms with Gasteiger partial charge in [0.1, 0.15) is 0 Å². The molecule has 0 spiro atoms. The fourth-order valence-electron chi connectivity index (χ4n) is 2.17. The molecule has 0 bridgehead atoms. The summed E-state index contributed by atoms with van der Waals surface area (Å²) in [5, 5.41) is 11.9. The number of urea groups is 1. The molecule has 1 aromatic rings. The molecule has 0 unspecified atom stereocenters. The van der Waals surface area contributed by atoms with Crippen molar-refractivity contribution in [2.24, 2.45) is 0 Å². The van der Waals surface area contributed by atoms with E-state index in [9.17, 15) is 9.59 Å². The van der Waals surface area contributed by atoms with Crippen molar-refractivity contribution in [3.63, 3.8) is 0 Å². The lowest BCUT2D eigenvalue weighted by Crippen LogP contribution is -2.56. The first-order valence-corrected chi connectivity index (χ1v) is 6.88. The Morgan fingerprint density at radius 2 is 2.14 bits per heavy atom. The highest BCUT2D eigenvalue weighted by Gasteiger charge is 2.34. The first-order valence-electron chi connectivity index (χ1n) is 6.50. The second-order valence-electron chi connectivity index (χ2n) is 5.45. The van der Waals surface area contributed by atoms with Crippen LogP contribution in [-0.2, 0) is 4.74 Å². The molecule has 0 aliphatic carbocycles. The molecule has 7 heteroatoms. The highest BCUT2D eigenvalue weighted by atomic mass is 35.5. The summed E-state index contributed by atoms with van der Waals surface area (Å²) in [5.74, 6) is -1.08. The molecule has 1 aromatic carbocycles. The number of amides is 2. The average molecular weight is 313 g/mol. The maximum absolute atomic E-state index is 12.4. The first kappa shape index (κ1) is 15.6. The summed E-state index contributed by atoms with van der Waals surface area (Å²) in [5.41, 5.74) is -0.0843. The normalized spacial score (nSPS) is 17.4. The summed E-state index contributed by atoms with van der Waals surface area (Å²) in [6.45, 7) is 5.19. The molecule has 2 amide bonds. The number of carboxylic acids is 1. The predicted octanol–water partition coefficient (Wildman–Crippen LogP) is 2.68. The van der Waals surface area contributed by atoms with E-state index in [1.165, 1.54) is 18.2 Å². The van der Waals surface area contributed by atoms with E-state index in [2.05, 4.69) is 5.32 Å². The molecular weight excluding hydrogens is 296 g/mol. The lowest BCUT2D eigenvalue weighted by Gasteiger charge is -2.41. The molecule has 21 heavy (non-hydrogen) atoms. The third kappa shape index (κ3) is 3.46. The summed E-state index contributed by atoms with van der Waals surface area (Å²) in [6.07, 6.45) is 0. The van der Waals surface area contributed by atoms with Crippen LogP contribution in [0.5, 0.6) is 0 Å². The fraction of sp³-hybridized carbons (Fsp3) is 0.429. The Kier molecular flexibility index (Phi) is 4.39. The Balaban J connectivity index is 2.19. The Labute approximate surface area is 127 Å². The lowest BCUT2D eigenvalue weighted by atomic mass is 10.0. The van der Waals surface area contributed by atoms with Crippen LogP contribution in [0.4, 0.5) is 10.5 Å². The maximum atomic E-state index is 12.4. The maximum Gasteiger partial charge on any atom is 0.335 e. The van der Waals surface area contributed by atoms with Gasteiger partial charge in [0.25, 0.3) is 0 Å². The zero-order valence-electron chi connectivity index (χ0n) is 11.9. The van der Waals surface area contributed by atoms with Gasteiger partial charge in [-0.3, -0.25) is 0 Å². The van der Waals surface area contributed by atoms with E-state index in [-0.39, 0.29) is 17.3 Å². The fourth-order valence-corrected chi connectivity index (χ4v) is 2.34. The monoisotopic (exact) mass is 312 g/mol. The SMILES string of the molecule is CC1(C)COCCN1C(=O)Nc1cc(C(=O)O)ccc1Cl. The van der Waals surface area contributed by atoms with Crippen molar-refractivity contribution in [2.45, 2.75) is 19.4 Å². The number of carbonyl (C=O) groups excluding carboxylic acids is 1. The number of anilines is 1. The van der Waals surface area contributed by atoms with Crippen LogP contribution in [0, 0.1) is 0 Å². The molecule has 0 atom stereocenters. The molecule has 1 aliphatic rings. The molecule has 0 aromatic heterocycles. The predicted molar refractivity (Wildman–Crippen MR) is 79.0 cm³/mol. The number of aromatic carboxylic acids is 1. The average Bonchev–Trinajstić information content (AvgIpc) is 2.40. The topological polar surface area (TPSA) is 78.9 Å². The van der Waals surface area contributed by atoms with Crippen molar-refractivity contribution in [1.29, 1.82) is 0 Å². The van der Waals surface area contributed by atoms with Crippen molar-refractivity contribution >= 4 is 29.3 Å². The first-order chi connectivity index (χ1) is 9.81. The van der Waals surface area contributed by atoms with Gasteiger partial charge in [0, 0.05) is 6.54 Å². The molecule has 1 aliphatic heterocycles. The number of hydrogen-bond acceptors (Lipinski definition) is 3. The molecule has 1 saturated heterocycles. The van der Waals surface area contributed by atoms with Gasteiger partial charge in [-0.2, -0.15) is 0 Å². The van der Waals surface area contributed by atoms with Crippen molar-refractivity contribution in [3.05, 3.63) is 28.8 Å². The van der Waals surface area contributed by atoms with Crippen molar-refractivity contribution in [2.75, 3.05) is 25.1 Å². The van der Waals surface area contributed by atoms with Gasteiger partial charge >= 0.3 is 12.0 Å². The molecular formula is C14H17ClN2O4. The highest BCUT2D eigenvalue weighted by Crippen LogP contribution is 2.25. The number of morpholine rings is 1. The zero-order valence-corrected chi connectivity index (χ0v) is 12.6. The Hall–Kier alpha value is -1.79. The van der Waals surface area contributed by atoms with Crippen LogP contribution in [0.3, 0.4) is 0 Å². The van der Waals surface area contributed by atoms with Crippen LogP contribution in [0.15, 0.2) is 18.2 Å². The number of carbonyl (C=O) groups is 2. The largest absolute Gasteiger partial charge is 0.478 e. The van der Waals surface area contributed by atoms with Gasteiger partial charge in [0.15, 0.2) is 0 Å². The Morgan fingerprint density at radius 1 is 1.43 bits per heavy atom. The number of nitrogens with one attached hydrogen (secondary N) is 1. The Bertz CT molecular complexity index is 574. The lowest BCUT2D eigenvalue weighted by molar-refractivity contribution is -0.0249. The van der Waals surface area contributed by atoms with E-state index in [4.69, 9.17) is 21.4 Å². The van der Waals surface area contributed by atoms with Gasteiger partial charge in [0.05, 0.1) is 35.0 Å². The molecule has 6 nitrogen and oxygen atoms in total. The summed E-state index contributed by atoms with van der Waals surface area (Å²) in [6, 6.07) is 3.85. The highest BCUT2D eigenvalue weighted by molar-refractivity contribution is 6.33. The molecule has 114 valence electrons.